The van der Waals surface area contributed by atoms with Crippen molar-refractivity contribution in [3.8, 4) is 0 Å². The molecule has 2 nitrogen and oxygen atoms in total. The minimum absolute atomic E-state index is 0.246. The Hall–Kier alpha value is -1.31. The summed E-state index contributed by atoms with van der Waals surface area (Å²) in [6, 6.07) is 8.61. The van der Waals surface area contributed by atoms with E-state index in [0.29, 0.717) is 0 Å². The summed E-state index contributed by atoms with van der Waals surface area (Å²) in [6.07, 6.45) is 4.22. The van der Waals surface area contributed by atoms with Gasteiger partial charge in [0.1, 0.15) is 0 Å². The predicted octanol–water partition coefficient (Wildman–Crippen LogP) is 3.22. The highest BCUT2D eigenvalue weighted by molar-refractivity contribution is 5.69. The van der Waals surface area contributed by atoms with Crippen molar-refractivity contribution in [3.63, 3.8) is 0 Å². The van der Waals surface area contributed by atoms with E-state index in [9.17, 15) is 4.79 Å². The normalized spacial score (nSPS) is 17.1. The first kappa shape index (κ1) is 11.2. The number of aliphatic carboxylic acids is 1. The second-order valence-corrected chi connectivity index (χ2v) is 4.80. The van der Waals surface area contributed by atoms with Gasteiger partial charge in [0.15, 0.2) is 0 Å². The van der Waals surface area contributed by atoms with E-state index >= 15 is 0 Å². The summed E-state index contributed by atoms with van der Waals surface area (Å²) in [5.41, 5.74) is 2.71. The Morgan fingerprint density at radius 1 is 1.50 bits per heavy atom. The lowest BCUT2D eigenvalue weighted by Crippen LogP contribution is -2.10. The van der Waals surface area contributed by atoms with Crippen LogP contribution in [0.25, 0.3) is 0 Å². The molecule has 0 spiro atoms. The largest absolute Gasteiger partial charge is 0.481 e. The molecule has 0 aromatic heterocycles. The molecule has 2 rings (SSSR count). The molecule has 1 saturated carbocycles. The molecule has 86 valence electrons. The summed E-state index contributed by atoms with van der Waals surface area (Å²) < 4.78 is 0. The number of hydrogen-bond acceptors (Lipinski definition) is 1. The Morgan fingerprint density at radius 2 is 2.25 bits per heavy atom. The fraction of sp³-hybridized carbons (Fsp3) is 0.500. The van der Waals surface area contributed by atoms with Crippen LogP contribution in [0.2, 0.25) is 0 Å². The van der Waals surface area contributed by atoms with Gasteiger partial charge >= 0.3 is 5.97 Å². The Balaban J connectivity index is 1.93. The van der Waals surface area contributed by atoms with Crippen LogP contribution in [-0.2, 0) is 11.2 Å². The molecule has 1 aliphatic rings. The molecule has 2 heteroatoms. The summed E-state index contributed by atoms with van der Waals surface area (Å²) in [5.74, 6) is -0.167. The summed E-state index contributed by atoms with van der Waals surface area (Å²) in [7, 11) is 0. The van der Waals surface area contributed by atoms with Gasteiger partial charge in [0, 0.05) is 0 Å². The van der Waals surface area contributed by atoms with Crippen LogP contribution in [0.1, 0.15) is 43.2 Å². The molecule has 1 atom stereocenters. The topological polar surface area (TPSA) is 37.3 Å². The van der Waals surface area contributed by atoms with E-state index in [1.54, 1.807) is 6.92 Å². The Kier molecular flexibility index (Phi) is 3.28. The number of carboxylic acid groups (broad SMARTS) is 1. The highest BCUT2D eigenvalue weighted by atomic mass is 16.4. The van der Waals surface area contributed by atoms with E-state index in [-0.39, 0.29) is 5.92 Å². The van der Waals surface area contributed by atoms with E-state index in [1.807, 2.05) is 0 Å². The molecule has 0 bridgehead atoms. The maximum absolute atomic E-state index is 10.7. The average molecular weight is 218 g/mol. The lowest BCUT2D eigenvalue weighted by molar-refractivity contribution is -0.141. The van der Waals surface area contributed by atoms with E-state index < -0.39 is 5.97 Å². The molecule has 0 heterocycles. The fourth-order valence-corrected chi connectivity index (χ4v) is 1.93. The van der Waals surface area contributed by atoms with Gasteiger partial charge in [-0.25, -0.2) is 0 Å². The van der Waals surface area contributed by atoms with Crippen LogP contribution in [0.3, 0.4) is 0 Å². The molecule has 1 unspecified atom stereocenters. The first-order chi connectivity index (χ1) is 7.66. The molecular weight excluding hydrogens is 200 g/mol. The molecule has 1 fully saturated rings. The smallest absolute Gasteiger partial charge is 0.306 e. The number of aryl methyl sites for hydroxylation is 1. The van der Waals surface area contributed by atoms with E-state index in [1.165, 1.54) is 24.0 Å². The molecule has 0 saturated heterocycles. The molecule has 0 aliphatic heterocycles. The maximum Gasteiger partial charge on any atom is 0.306 e. The molecule has 1 aliphatic carbocycles. The van der Waals surface area contributed by atoms with Gasteiger partial charge < -0.3 is 5.11 Å². The van der Waals surface area contributed by atoms with Crippen LogP contribution in [-0.4, -0.2) is 11.1 Å². The van der Waals surface area contributed by atoms with Crippen LogP contribution in [0.5, 0.6) is 0 Å². The maximum atomic E-state index is 10.7. The van der Waals surface area contributed by atoms with E-state index in [4.69, 9.17) is 5.11 Å². The molecule has 0 radical (unpaired) electrons. The van der Waals surface area contributed by atoms with Gasteiger partial charge in [-0.1, -0.05) is 31.2 Å². The van der Waals surface area contributed by atoms with Crippen LogP contribution in [0.4, 0.5) is 0 Å². The van der Waals surface area contributed by atoms with Gasteiger partial charge in [-0.2, -0.15) is 0 Å². The SMILES string of the molecule is CC(CCc1cccc(C2CC2)c1)C(=O)O. The van der Waals surface area contributed by atoms with Crippen molar-refractivity contribution >= 4 is 5.97 Å². The second-order valence-electron chi connectivity index (χ2n) is 4.80. The van der Waals surface area contributed by atoms with E-state index in [0.717, 1.165) is 18.8 Å². The van der Waals surface area contributed by atoms with Crippen molar-refractivity contribution in [1.82, 2.24) is 0 Å². The minimum atomic E-state index is -0.696. The van der Waals surface area contributed by atoms with Crippen LogP contribution < -0.4 is 0 Å². The summed E-state index contributed by atoms with van der Waals surface area (Å²) in [6.45, 7) is 1.77. The number of carbonyl (C=O) groups is 1. The van der Waals surface area contributed by atoms with Gasteiger partial charge in [0.25, 0.3) is 0 Å². The predicted molar refractivity (Wildman–Crippen MR) is 63.5 cm³/mol. The van der Waals surface area contributed by atoms with Gasteiger partial charge in [0.05, 0.1) is 5.92 Å². The third-order valence-electron chi connectivity index (χ3n) is 3.29. The number of benzene rings is 1. The molecular formula is C14H18O2. The van der Waals surface area contributed by atoms with E-state index in [2.05, 4.69) is 24.3 Å². The van der Waals surface area contributed by atoms with Gasteiger partial charge in [-0.05, 0) is 42.7 Å². The zero-order valence-corrected chi connectivity index (χ0v) is 9.65. The highest BCUT2D eigenvalue weighted by Gasteiger charge is 2.23. The lowest BCUT2D eigenvalue weighted by atomic mass is 9.99. The zero-order valence-electron chi connectivity index (χ0n) is 9.65. The van der Waals surface area contributed by atoms with Crippen molar-refractivity contribution in [1.29, 1.82) is 0 Å². The van der Waals surface area contributed by atoms with Crippen molar-refractivity contribution < 1.29 is 9.90 Å². The van der Waals surface area contributed by atoms with Gasteiger partial charge in [-0.3, -0.25) is 4.79 Å². The number of carboxylic acids is 1. The Morgan fingerprint density at radius 3 is 2.88 bits per heavy atom. The summed E-state index contributed by atoms with van der Waals surface area (Å²) in [4.78, 5) is 10.7. The first-order valence-electron chi connectivity index (χ1n) is 5.98. The van der Waals surface area contributed by atoms with Gasteiger partial charge in [-0.15, -0.1) is 0 Å². The molecule has 0 amide bonds. The van der Waals surface area contributed by atoms with Crippen LogP contribution in [0.15, 0.2) is 24.3 Å². The Labute approximate surface area is 96.3 Å². The Bertz CT molecular complexity index is 380. The summed E-state index contributed by atoms with van der Waals surface area (Å²) in [5, 5.41) is 8.81. The third-order valence-corrected chi connectivity index (χ3v) is 3.29. The van der Waals surface area contributed by atoms with Crippen molar-refractivity contribution in [2.75, 3.05) is 0 Å². The third kappa shape index (κ3) is 2.84. The summed E-state index contributed by atoms with van der Waals surface area (Å²) >= 11 is 0. The molecule has 1 N–H and O–H groups in total. The first-order valence-corrected chi connectivity index (χ1v) is 5.98. The minimum Gasteiger partial charge on any atom is -0.481 e. The number of rotatable bonds is 5. The molecule has 1 aromatic rings. The van der Waals surface area contributed by atoms with Crippen LogP contribution in [0, 0.1) is 5.92 Å². The molecule has 1 aromatic carbocycles. The van der Waals surface area contributed by atoms with Crippen molar-refractivity contribution in [3.05, 3.63) is 35.4 Å². The average Bonchev–Trinajstić information content (AvgIpc) is 3.10. The van der Waals surface area contributed by atoms with Crippen molar-refractivity contribution in [2.45, 2.75) is 38.5 Å². The second kappa shape index (κ2) is 4.69. The van der Waals surface area contributed by atoms with Crippen LogP contribution >= 0.6 is 0 Å². The quantitative estimate of drug-likeness (QED) is 0.824. The van der Waals surface area contributed by atoms with Gasteiger partial charge in [0.2, 0.25) is 0 Å². The van der Waals surface area contributed by atoms with Crippen molar-refractivity contribution in [2.24, 2.45) is 5.92 Å². The standard InChI is InChI=1S/C14H18O2/c1-10(14(15)16)5-6-11-3-2-4-13(9-11)12-7-8-12/h2-4,9-10,12H,5-8H2,1H3,(H,15,16). The molecule has 16 heavy (non-hydrogen) atoms. The highest BCUT2D eigenvalue weighted by Crippen LogP contribution is 2.40. The fourth-order valence-electron chi connectivity index (χ4n) is 1.93. The monoisotopic (exact) mass is 218 g/mol. The zero-order chi connectivity index (χ0) is 11.5. The number of hydrogen-bond donors (Lipinski definition) is 1. The lowest BCUT2D eigenvalue weighted by Gasteiger charge is -2.07.